The van der Waals surface area contributed by atoms with Gasteiger partial charge in [0.1, 0.15) is 23.3 Å². The number of imidazole rings is 1. The average molecular weight is 589 g/mol. The number of para-hydroxylation sites is 2. The Morgan fingerprint density at radius 3 is 2.53 bits per heavy atom. The van der Waals surface area contributed by atoms with Gasteiger partial charge in [-0.15, -0.1) is 0 Å². The summed E-state index contributed by atoms with van der Waals surface area (Å²) in [5.41, 5.74) is 8.89. The number of nitrogens with zero attached hydrogens (tertiary/aromatic N) is 5. The van der Waals surface area contributed by atoms with Gasteiger partial charge in [0.25, 0.3) is 0 Å². The Kier molecular flexibility index (Phi) is 8.40. The van der Waals surface area contributed by atoms with Crippen molar-refractivity contribution in [3.63, 3.8) is 0 Å². The second-order valence-corrected chi connectivity index (χ2v) is 12.9. The molecule has 2 atom stereocenters. The van der Waals surface area contributed by atoms with Gasteiger partial charge in [0.2, 0.25) is 5.89 Å². The van der Waals surface area contributed by atoms with E-state index in [9.17, 15) is 9.59 Å². The fraction of sp³-hybridized carbons (Fsp3) is 0.469. The number of rotatable bonds is 7. The molecule has 11 heteroatoms. The third-order valence-corrected chi connectivity index (χ3v) is 7.02. The average Bonchev–Trinajstić information content (AvgIpc) is 3.54. The highest BCUT2D eigenvalue weighted by molar-refractivity contribution is 5.87. The highest BCUT2D eigenvalue weighted by atomic mass is 16.6. The second kappa shape index (κ2) is 11.9. The van der Waals surface area contributed by atoms with Crippen LogP contribution < -0.4 is 5.73 Å². The quantitative estimate of drug-likeness (QED) is 0.271. The Morgan fingerprint density at radius 2 is 1.79 bits per heavy atom. The lowest BCUT2D eigenvalue weighted by Crippen LogP contribution is -2.34. The van der Waals surface area contributed by atoms with Crippen molar-refractivity contribution < 1.29 is 23.5 Å². The van der Waals surface area contributed by atoms with Crippen LogP contribution in [0.2, 0.25) is 0 Å². The predicted molar refractivity (Wildman–Crippen MR) is 160 cm³/mol. The minimum absolute atomic E-state index is 0.0727. The Labute approximate surface area is 251 Å². The van der Waals surface area contributed by atoms with E-state index in [1.54, 1.807) is 31.5 Å². The van der Waals surface area contributed by atoms with Crippen LogP contribution in [0, 0.1) is 0 Å². The summed E-state index contributed by atoms with van der Waals surface area (Å²) < 4.78 is 18.4. The summed E-state index contributed by atoms with van der Waals surface area (Å²) in [7, 11) is 0. The fourth-order valence-corrected chi connectivity index (χ4v) is 5.30. The zero-order chi connectivity index (χ0) is 30.9. The van der Waals surface area contributed by atoms with Crippen molar-refractivity contribution in [3.05, 3.63) is 77.5 Å². The van der Waals surface area contributed by atoms with E-state index in [1.165, 1.54) is 11.8 Å². The molecule has 11 nitrogen and oxygen atoms in total. The van der Waals surface area contributed by atoms with E-state index in [1.807, 2.05) is 51.1 Å². The molecule has 4 aromatic rings. The number of aromatic nitrogens is 4. The standard InChI is InChI=1S/C32H40N6O5/c1-31(2,3)42-29(39)26(33)28-35-21(19-41-28)17-37(24-15-9-11-20-12-10-16-34-27(20)24)18-25-36-22-13-7-8-14-23(22)38(25)30(40)43-32(4,5)6/h7-8,10,12-14,16,19,24,26H,9,11,15,17-18,33H2,1-6H3. The topological polar surface area (TPSA) is 139 Å². The molecule has 3 heterocycles. The van der Waals surface area contributed by atoms with E-state index in [0.717, 1.165) is 25.0 Å². The first-order valence-corrected chi connectivity index (χ1v) is 14.6. The number of ether oxygens (including phenoxy) is 2. The Morgan fingerprint density at radius 1 is 1.05 bits per heavy atom. The molecule has 0 radical (unpaired) electrons. The van der Waals surface area contributed by atoms with Crippen LogP contribution in [-0.2, 0) is 33.8 Å². The van der Waals surface area contributed by atoms with Gasteiger partial charge in [0, 0.05) is 12.7 Å². The molecule has 0 fully saturated rings. The largest absolute Gasteiger partial charge is 0.458 e. The molecule has 0 saturated carbocycles. The molecule has 1 aliphatic rings. The van der Waals surface area contributed by atoms with Crippen molar-refractivity contribution in [2.75, 3.05) is 0 Å². The number of pyridine rings is 1. The fourth-order valence-electron chi connectivity index (χ4n) is 5.30. The minimum atomic E-state index is -1.16. The minimum Gasteiger partial charge on any atom is -0.458 e. The molecule has 3 aromatic heterocycles. The normalized spacial score (nSPS) is 16.2. The van der Waals surface area contributed by atoms with Crippen LogP contribution in [0.5, 0.6) is 0 Å². The lowest BCUT2D eigenvalue weighted by molar-refractivity contribution is -0.157. The smallest absolute Gasteiger partial charge is 0.420 e. The van der Waals surface area contributed by atoms with Crippen molar-refractivity contribution in [3.8, 4) is 0 Å². The number of carbonyl (C=O) groups is 2. The molecule has 1 aliphatic carbocycles. The van der Waals surface area contributed by atoms with Gasteiger partial charge >= 0.3 is 12.1 Å². The Balaban J connectivity index is 1.51. The van der Waals surface area contributed by atoms with Gasteiger partial charge in [-0.1, -0.05) is 18.2 Å². The molecule has 2 unspecified atom stereocenters. The molecule has 43 heavy (non-hydrogen) atoms. The maximum atomic E-state index is 13.5. The summed E-state index contributed by atoms with van der Waals surface area (Å²) in [4.78, 5) is 42.5. The van der Waals surface area contributed by atoms with Crippen molar-refractivity contribution in [2.24, 2.45) is 5.73 Å². The maximum absolute atomic E-state index is 13.5. The van der Waals surface area contributed by atoms with Crippen molar-refractivity contribution in [2.45, 2.75) is 97.2 Å². The van der Waals surface area contributed by atoms with Crippen LogP contribution in [-0.4, -0.2) is 47.7 Å². The van der Waals surface area contributed by atoms with Crippen molar-refractivity contribution in [1.29, 1.82) is 0 Å². The van der Waals surface area contributed by atoms with E-state index < -0.39 is 29.3 Å². The number of hydrogen-bond acceptors (Lipinski definition) is 10. The van der Waals surface area contributed by atoms with Crippen LogP contribution in [0.3, 0.4) is 0 Å². The van der Waals surface area contributed by atoms with Crippen molar-refractivity contribution in [1.82, 2.24) is 24.4 Å². The van der Waals surface area contributed by atoms with Crippen LogP contribution in [0.25, 0.3) is 11.0 Å². The van der Waals surface area contributed by atoms with Gasteiger partial charge in [-0.2, -0.15) is 0 Å². The highest BCUT2D eigenvalue weighted by Crippen LogP contribution is 2.35. The van der Waals surface area contributed by atoms with Crippen LogP contribution in [0.1, 0.15) is 95.1 Å². The first-order valence-electron chi connectivity index (χ1n) is 14.6. The van der Waals surface area contributed by atoms with E-state index in [-0.39, 0.29) is 11.9 Å². The van der Waals surface area contributed by atoms with Crippen molar-refractivity contribution >= 4 is 23.1 Å². The predicted octanol–water partition coefficient (Wildman–Crippen LogP) is 5.62. The van der Waals surface area contributed by atoms with Gasteiger partial charge < -0.3 is 19.6 Å². The maximum Gasteiger partial charge on any atom is 0.420 e. The Hall–Kier alpha value is -4.09. The number of esters is 1. The highest BCUT2D eigenvalue weighted by Gasteiger charge is 2.32. The number of benzene rings is 1. The molecule has 0 bridgehead atoms. The molecule has 1 aromatic carbocycles. The SMILES string of the molecule is CC(C)(C)OC(=O)C(N)c1nc(CN(Cc2nc3ccccc3n2C(=O)OC(C)(C)C)C2CCCc3cccnc32)co1. The molecule has 0 saturated heterocycles. The summed E-state index contributed by atoms with van der Waals surface area (Å²) in [5.74, 6) is -0.00529. The first kappa shape index (κ1) is 30.4. The van der Waals surface area contributed by atoms with Gasteiger partial charge in [0.05, 0.1) is 35.0 Å². The van der Waals surface area contributed by atoms with Crippen LogP contribution >= 0.6 is 0 Å². The third-order valence-electron chi connectivity index (χ3n) is 7.02. The first-order chi connectivity index (χ1) is 20.3. The molecule has 228 valence electrons. The third kappa shape index (κ3) is 7.11. The van der Waals surface area contributed by atoms with E-state index >= 15 is 0 Å². The number of oxazole rings is 1. The van der Waals surface area contributed by atoms with Crippen LogP contribution in [0.15, 0.2) is 53.3 Å². The monoisotopic (exact) mass is 588 g/mol. The number of hydrogen-bond donors (Lipinski definition) is 1. The summed E-state index contributed by atoms with van der Waals surface area (Å²) in [5, 5.41) is 0. The van der Waals surface area contributed by atoms with Gasteiger partial charge in [-0.05, 0) is 84.6 Å². The lowest BCUT2D eigenvalue weighted by Gasteiger charge is -2.34. The molecule has 5 rings (SSSR count). The summed E-state index contributed by atoms with van der Waals surface area (Å²) in [6.45, 7) is 11.5. The van der Waals surface area contributed by atoms with E-state index in [0.29, 0.717) is 35.6 Å². The number of carbonyl (C=O) groups excluding carboxylic acids is 2. The molecule has 0 spiro atoms. The van der Waals surface area contributed by atoms with Crippen LogP contribution in [0.4, 0.5) is 4.79 Å². The van der Waals surface area contributed by atoms with Gasteiger partial charge in [-0.25, -0.2) is 24.1 Å². The van der Waals surface area contributed by atoms with E-state index in [2.05, 4.69) is 16.0 Å². The number of nitrogens with two attached hydrogens (primary N) is 1. The summed E-state index contributed by atoms with van der Waals surface area (Å²) >= 11 is 0. The van der Waals surface area contributed by atoms with Gasteiger partial charge in [-0.3, -0.25) is 9.88 Å². The van der Waals surface area contributed by atoms with Gasteiger partial charge in [0.15, 0.2) is 6.04 Å². The summed E-state index contributed by atoms with van der Waals surface area (Å²) in [6, 6.07) is 10.3. The van der Waals surface area contributed by atoms with E-state index in [4.69, 9.17) is 29.6 Å². The number of aryl methyl sites for hydroxylation is 1. The molecule has 0 amide bonds. The molecule has 0 aliphatic heterocycles. The summed E-state index contributed by atoms with van der Waals surface area (Å²) in [6.07, 6.45) is 5.60. The molecule has 2 N–H and O–H groups in total. The second-order valence-electron chi connectivity index (χ2n) is 12.9. The Bertz CT molecular complexity index is 1610. The number of fused-ring (bicyclic) bond motifs is 2. The zero-order valence-electron chi connectivity index (χ0n) is 25.7. The lowest BCUT2D eigenvalue weighted by atomic mass is 9.90. The molecular formula is C32H40N6O5. The molecular weight excluding hydrogens is 548 g/mol. The zero-order valence-corrected chi connectivity index (χ0v) is 25.7.